The Morgan fingerprint density at radius 2 is 2.18 bits per heavy atom. The molecule has 8 heteroatoms. The number of pyridine rings is 2. The minimum Gasteiger partial charge on any atom is -0.298 e. The number of nitrogens with one attached hydrogen (secondary N) is 1. The summed E-state index contributed by atoms with van der Waals surface area (Å²) < 4.78 is 1.88. The highest BCUT2D eigenvalue weighted by atomic mass is 32.1. The number of rotatable bonds is 5. The fourth-order valence-electron chi connectivity index (χ4n) is 2.97. The van der Waals surface area contributed by atoms with E-state index >= 15 is 0 Å². The first kappa shape index (κ1) is 18.2. The Kier molecular flexibility index (Phi) is 4.87. The molecule has 0 spiro atoms. The molecule has 0 unspecified atom stereocenters. The monoisotopic (exact) mass is 392 g/mol. The Balaban J connectivity index is 1.65. The largest absolute Gasteiger partial charge is 0.298 e. The van der Waals surface area contributed by atoms with Crippen LogP contribution in [0.15, 0.2) is 42.2 Å². The van der Waals surface area contributed by atoms with Crippen molar-refractivity contribution in [2.24, 2.45) is 0 Å². The van der Waals surface area contributed by atoms with Crippen LogP contribution in [0, 0.1) is 6.92 Å². The first-order valence-corrected chi connectivity index (χ1v) is 9.97. The van der Waals surface area contributed by atoms with Gasteiger partial charge in [0.05, 0.1) is 28.9 Å². The molecule has 1 amide bonds. The summed E-state index contributed by atoms with van der Waals surface area (Å²) in [5.74, 6) is -0.216. The molecule has 0 bridgehead atoms. The fraction of sp³-hybridized carbons (Fsp3) is 0.250. The maximum atomic E-state index is 13.0. The number of hydrogen-bond donors (Lipinski definition) is 1. The lowest BCUT2D eigenvalue weighted by Gasteiger charge is -2.11. The van der Waals surface area contributed by atoms with Gasteiger partial charge in [-0.1, -0.05) is 6.92 Å². The van der Waals surface area contributed by atoms with E-state index in [4.69, 9.17) is 0 Å². The number of aromatic nitrogens is 5. The normalized spacial score (nSPS) is 12.2. The number of carbonyl (C=O) groups excluding carboxylic acids is 1. The summed E-state index contributed by atoms with van der Waals surface area (Å²) in [6, 6.07) is 5.80. The van der Waals surface area contributed by atoms with Crippen LogP contribution in [0.25, 0.3) is 22.3 Å². The fourth-order valence-corrected chi connectivity index (χ4v) is 3.68. The minimum atomic E-state index is -0.216. The summed E-state index contributed by atoms with van der Waals surface area (Å²) in [6.45, 7) is 6.07. The van der Waals surface area contributed by atoms with E-state index in [0.29, 0.717) is 10.7 Å². The molecular formula is C20H20N6OS. The van der Waals surface area contributed by atoms with Crippen molar-refractivity contribution < 1.29 is 4.79 Å². The average molecular weight is 392 g/mol. The number of fused-ring (bicyclic) bond motifs is 1. The van der Waals surface area contributed by atoms with Gasteiger partial charge in [0.2, 0.25) is 0 Å². The van der Waals surface area contributed by atoms with E-state index in [0.717, 1.165) is 34.4 Å². The number of anilines is 1. The second-order valence-electron chi connectivity index (χ2n) is 6.63. The number of carbonyl (C=O) groups is 1. The molecule has 0 saturated heterocycles. The van der Waals surface area contributed by atoms with Crippen molar-refractivity contribution in [2.45, 2.75) is 33.2 Å². The predicted molar refractivity (Wildman–Crippen MR) is 111 cm³/mol. The molecule has 0 aliphatic carbocycles. The molecule has 0 aliphatic heterocycles. The van der Waals surface area contributed by atoms with Crippen LogP contribution in [0.2, 0.25) is 0 Å². The highest BCUT2D eigenvalue weighted by Crippen LogP contribution is 2.26. The van der Waals surface area contributed by atoms with Crippen molar-refractivity contribution in [3.05, 3.63) is 53.4 Å². The van der Waals surface area contributed by atoms with Gasteiger partial charge in [0, 0.05) is 29.0 Å². The maximum absolute atomic E-state index is 13.0. The smallest absolute Gasteiger partial charge is 0.258 e. The molecule has 1 atom stereocenters. The lowest BCUT2D eigenvalue weighted by atomic mass is 10.1. The van der Waals surface area contributed by atoms with Crippen LogP contribution < -0.4 is 5.32 Å². The van der Waals surface area contributed by atoms with Gasteiger partial charge in [0.25, 0.3) is 5.91 Å². The highest BCUT2D eigenvalue weighted by Gasteiger charge is 2.18. The lowest BCUT2D eigenvalue weighted by molar-refractivity contribution is 0.102. The van der Waals surface area contributed by atoms with Gasteiger partial charge in [-0.25, -0.2) is 14.6 Å². The van der Waals surface area contributed by atoms with Crippen molar-refractivity contribution >= 4 is 33.4 Å². The first-order chi connectivity index (χ1) is 13.6. The van der Waals surface area contributed by atoms with Crippen molar-refractivity contribution in [1.29, 1.82) is 0 Å². The van der Waals surface area contributed by atoms with Crippen molar-refractivity contribution in [3.63, 3.8) is 0 Å². The molecule has 4 heterocycles. The third kappa shape index (κ3) is 3.38. The molecule has 142 valence electrons. The van der Waals surface area contributed by atoms with Crippen LogP contribution in [0.4, 0.5) is 5.13 Å². The summed E-state index contributed by atoms with van der Waals surface area (Å²) in [7, 11) is 0. The zero-order valence-corrected chi connectivity index (χ0v) is 16.7. The van der Waals surface area contributed by atoms with Gasteiger partial charge in [-0.3, -0.25) is 15.1 Å². The zero-order valence-electron chi connectivity index (χ0n) is 15.9. The summed E-state index contributed by atoms with van der Waals surface area (Å²) in [6.07, 6.45) is 6.12. The molecule has 4 aromatic rings. The van der Waals surface area contributed by atoms with E-state index in [-0.39, 0.29) is 11.9 Å². The number of aryl methyl sites for hydroxylation is 1. The quantitative estimate of drug-likeness (QED) is 0.541. The van der Waals surface area contributed by atoms with Gasteiger partial charge < -0.3 is 0 Å². The van der Waals surface area contributed by atoms with Crippen LogP contribution in [0.1, 0.15) is 42.4 Å². The maximum Gasteiger partial charge on any atom is 0.258 e. The SMILES string of the molecule is CC[C@@H](C)n1ncc2c(C(=O)Nc3nc(-c4cccnc4)cs3)cc(C)nc21. The topological polar surface area (TPSA) is 85.6 Å². The van der Waals surface area contributed by atoms with Gasteiger partial charge in [0.1, 0.15) is 0 Å². The molecular weight excluding hydrogens is 372 g/mol. The Morgan fingerprint density at radius 1 is 1.32 bits per heavy atom. The predicted octanol–water partition coefficient (Wildman–Crippen LogP) is 4.48. The minimum absolute atomic E-state index is 0.212. The molecule has 7 nitrogen and oxygen atoms in total. The third-order valence-electron chi connectivity index (χ3n) is 4.63. The Labute approximate surface area is 166 Å². The first-order valence-electron chi connectivity index (χ1n) is 9.09. The van der Waals surface area contributed by atoms with Crippen molar-refractivity contribution in [2.75, 3.05) is 5.32 Å². The summed E-state index contributed by atoms with van der Waals surface area (Å²) in [4.78, 5) is 26.2. The summed E-state index contributed by atoms with van der Waals surface area (Å²) in [5.41, 5.74) is 3.76. The van der Waals surface area contributed by atoms with Gasteiger partial charge in [0.15, 0.2) is 10.8 Å². The Bertz CT molecular complexity index is 1130. The molecule has 0 aliphatic rings. The third-order valence-corrected chi connectivity index (χ3v) is 5.39. The van der Waals surface area contributed by atoms with Gasteiger partial charge >= 0.3 is 0 Å². The highest BCUT2D eigenvalue weighted by molar-refractivity contribution is 7.14. The second-order valence-corrected chi connectivity index (χ2v) is 7.49. The second kappa shape index (κ2) is 7.47. The molecule has 4 rings (SSSR count). The molecule has 0 aromatic carbocycles. The van der Waals surface area contributed by atoms with Crippen molar-refractivity contribution in [1.82, 2.24) is 24.7 Å². The molecule has 4 aromatic heterocycles. The average Bonchev–Trinajstić information content (AvgIpc) is 3.34. The van der Waals surface area contributed by atoms with Crippen molar-refractivity contribution in [3.8, 4) is 11.3 Å². The summed E-state index contributed by atoms with van der Waals surface area (Å²) >= 11 is 1.38. The van der Waals surface area contributed by atoms with E-state index in [1.54, 1.807) is 24.7 Å². The number of amides is 1. The van der Waals surface area contributed by atoms with Crippen LogP contribution in [0.5, 0.6) is 0 Å². The van der Waals surface area contributed by atoms with Crippen LogP contribution >= 0.6 is 11.3 Å². The zero-order chi connectivity index (χ0) is 19.7. The van der Waals surface area contributed by atoms with Crippen LogP contribution in [-0.2, 0) is 0 Å². The number of thiazole rings is 1. The lowest BCUT2D eigenvalue weighted by Crippen LogP contribution is -2.13. The van der Waals surface area contributed by atoms with Gasteiger partial charge in [-0.2, -0.15) is 5.10 Å². The molecule has 28 heavy (non-hydrogen) atoms. The molecule has 1 N–H and O–H groups in total. The molecule has 0 radical (unpaired) electrons. The van der Waals surface area contributed by atoms with E-state index in [1.165, 1.54) is 11.3 Å². The standard InChI is InChI=1S/C20H20N6OS/c1-4-13(3)26-18-16(10-22-26)15(8-12(2)23-18)19(27)25-20-24-17(11-28-20)14-6-5-7-21-9-14/h5-11,13H,4H2,1-3H3,(H,24,25,27)/t13-/m1/s1. The number of nitrogens with zero attached hydrogens (tertiary/aromatic N) is 5. The van der Waals surface area contributed by atoms with E-state index < -0.39 is 0 Å². The van der Waals surface area contributed by atoms with Gasteiger partial charge in [-0.15, -0.1) is 11.3 Å². The van der Waals surface area contributed by atoms with Gasteiger partial charge in [-0.05, 0) is 38.5 Å². The molecule has 0 saturated carbocycles. The van der Waals surface area contributed by atoms with E-state index in [1.807, 2.05) is 29.1 Å². The number of hydrogen-bond acceptors (Lipinski definition) is 6. The van der Waals surface area contributed by atoms with E-state index in [2.05, 4.69) is 39.2 Å². The molecule has 0 fully saturated rings. The Morgan fingerprint density at radius 3 is 2.93 bits per heavy atom. The van der Waals surface area contributed by atoms with E-state index in [9.17, 15) is 4.79 Å². The summed E-state index contributed by atoms with van der Waals surface area (Å²) in [5, 5.41) is 10.5. The van der Waals surface area contributed by atoms with Crippen LogP contribution in [-0.4, -0.2) is 30.6 Å². The Hall–Kier alpha value is -3.13. The van der Waals surface area contributed by atoms with Crippen LogP contribution in [0.3, 0.4) is 0 Å².